The van der Waals surface area contributed by atoms with E-state index in [9.17, 15) is 0 Å². The minimum Gasteiger partial charge on any atom is -0.330 e. The number of hydrogen-bond acceptors (Lipinski definition) is 2. The van der Waals surface area contributed by atoms with Crippen molar-refractivity contribution in [3.05, 3.63) is 0 Å². The summed E-state index contributed by atoms with van der Waals surface area (Å²) in [5.74, 6) is 0. The second-order valence-corrected chi connectivity index (χ2v) is 5.66. The molecule has 0 radical (unpaired) electrons. The van der Waals surface area contributed by atoms with Crippen LogP contribution in [0, 0.1) is 5.41 Å². The monoisotopic (exact) mass is 226 g/mol. The quantitative estimate of drug-likeness (QED) is 0.593. The van der Waals surface area contributed by atoms with E-state index in [1.807, 2.05) is 0 Å². The molecule has 0 aromatic heterocycles. The number of hydrogen-bond donors (Lipinski definition) is 2. The van der Waals surface area contributed by atoms with E-state index in [0.29, 0.717) is 11.5 Å². The Bertz CT molecular complexity index is 170. The lowest BCUT2D eigenvalue weighted by atomic mass is 9.67. The van der Waals surface area contributed by atoms with Crippen LogP contribution < -0.4 is 11.1 Å². The van der Waals surface area contributed by atoms with Gasteiger partial charge in [0.05, 0.1) is 0 Å². The Morgan fingerprint density at radius 1 is 1.31 bits per heavy atom. The van der Waals surface area contributed by atoms with Gasteiger partial charge in [0.1, 0.15) is 0 Å². The average Bonchev–Trinajstić information content (AvgIpc) is 2.22. The van der Waals surface area contributed by atoms with Crippen LogP contribution in [0.5, 0.6) is 0 Å². The molecule has 0 spiro atoms. The first-order valence-electron chi connectivity index (χ1n) is 7.16. The van der Waals surface area contributed by atoms with Crippen molar-refractivity contribution in [1.82, 2.24) is 5.32 Å². The Hall–Kier alpha value is -0.0800. The van der Waals surface area contributed by atoms with Crippen LogP contribution in [-0.2, 0) is 0 Å². The Labute approximate surface area is 101 Å². The maximum atomic E-state index is 5.86. The van der Waals surface area contributed by atoms with Gasteiger partial charge in [-0.1, -0.05) is 32.6 Å². The lowest BCUT2D eigenvalue weighted by Crippen LogP contribution is -2.40. The fraction of sp³-hybridized carbons (Fsp3) is 1.00. The van der Waals surface area contributed by atoms with Crippen LogP contribution in [-0.4, -0.2) is 19.1 Å². The van der Waals surface area contributed by atoms with Gasteiger partial charge in [0.25, 0.3) is 0 Å². The maximum Gasteiger partial charge on any atom is 0.00387 e. The summed E-state index contributed by atoms with van der Waals surface area (Å²) < 4.78 is 0. The maximum absolute atomic E-state index is 5.86. The van der Waals surface area contributed by atoms with Crippen LogP contribution in [0.25, 0.3) is 0 Å². The van der Waals surface area contributed by atoms with Crippen LogP contribution in [0.15, 0.2) is 0 Å². The topological polar surface area (TPSA) is 38.0 Å². The molecule has 2 heteroatoms. The summed E-state index contributed by atoms with van der Waals surface area (Å²) in [4.78, 5) is 0. The van der Waals surface area contributed by atoms with Gasteiger partial charge in [-0.3, -0.25) is 0 Å². The van der Waals surface area contributed by atoms with Gasteiger partial charge in [0, 0.05) is 6.04 Å². The Balaban J connectivity index is 2.01. The van der Waals surface area contributed by atoms with E-state index < -0.39 is 0 Å². The van der Waals surface area contributed by atoms with Gasteiger partial charge in [-0.2, -0.15) is 0 Å². The number of nitrogens with one attached hydrogen (secondary N) is 1. The molecule has 0 amide bonds. The predicted molar refractivity (Wildman–Crippen MR) is 71.6 cm³/mol. The SMILES string of the molecule is CCCCCC(C)NCCC1(CN)CCC1. The third-order valence-electron chi connectivity index (χ3n) is 4.24. The summed E-state index contributed by atoms with van der Waals surface area (Å²) >= 11 is 0. The number of rotatable bonds is 9. The van der Waals surface area contributed by atoms with E-state index in [4.69, 9.17) is 5.73 Å². The fourth-order valence-corrected chi connectivity index (χ4v) is 2.62. The van der Waals surface area contributed by atoms with Gasteiger partial charge in [-0.05, 0) is 51.1 Å². The first-order valence-corrected chi connectivity index (χ1v) is 7.16. The van der Waals surface area contributed by atoms with Gasteiger partial charge >= 0.3 is 0 Å². The molecule has 0 bridgehead atoms. The Kier molecular flexibility index (Phi) is 6.37. The molecule has 0 saturated heterocycles. The van der Waals surface area contributed by atoms with Crippen molar-refractivity contribution in [1.29, 1.82) is 0 Å². The molecule has 1 aliphatic rings. The molecule has 1 saturated carbocycles. The second kappa shape index (κ2) is 7.29. The lowest BCUT2D eigenvalue weighted by molar-refractivity contribution is 0.129. The van der Waals surface area contributed by atoms with Crippen LogP contribution in [0.3, 0.4) is 0 Å². The fourth-order valence-electron chi connectivity index (χ4n) is 2.62. The smallest absolute Gasteiger partial charge is 0.00387 e. The molecular weight excluding hydrogens is 196 g/mol. The van der Waals surface area contributed by atoms with Crippen LogP contribution in [0.2, 0.25) is 0 Å². The molecule has 3 N–H and O–H groups in total. The van der Waals surface area contributed by atoms with Crippen molar-refractivity contribution in [2.75, 3.05) is 13.1 Å². The first kappa shape index (κ1) is 14.0. The molecule has 1 aliphatic carbocycles. The van der Waals surface area contributed by atoms with E-state index in [1.165, 1.54) is 51.4 Å². The molecule has 1 fully saturated rings. The highest BCUT2D eigenvalue weighted by molar-refractivity contribution is 4.89. The third kappa shape index (κ3) is 4.42. The molecular formula is C14H30N2. The van der Waals surface area contributed by atoms with Crippen molar-refractivity contribution >= 4 is 0 Å². The van der Waals surface area contributed by atoms with Crippen molar-refractivity contribution in [2.24, 2.45) is 11.1 Å². The van der Waals surface area contributed by atoms with Gasteiger partial charge in [0.2, 0.25) is 0 Å². The largest absolute Gasteiger partial charge is 0.330 e. The van der Waals surface area contributed by atoms with Gasteiger partial charge < -0.3 is 11.1 Å². The van der Waals surface area contributed by atoms with Gasteiger partial charge in [-0.25, -0.2) is 0 Å². The van der Waals surface area contributed by atoms with Crippen molar-refractivity contribution in [3.63, 3.8) is 0 Å². The lowest BCUT2D eigenvalue weighted by Gasteiger charge is -2.41. The predicted octanol–water partition coefficient (Wildman–Crippen LogP) is 3.06. The highest BCUT2D eigenvalue weighted by atomic mass is 14.9. The summed E-state index contributed by atoms with van der Waals surface area (Å²) in [5, 5.41) is 3.64. The van der Waals surface area contributed by atoms with Gasteiger partial charge in [-0.15, -0.1) is 0 Å². The molecule has 0 aliphatic heterocycles. The van der Waals surface area contributed by atoms with Crippen molar-refractivity contribution in [3.8, 4) is 0 Å². The summed E-state index contributed by atoms with van der Waals surface area (Å²) in [5.41, 5.74) is 6.37. The third-order valence-corrected chi connectivity index (χ3v) is 4.24. The van der Waals surface area contributed by atoms with E-state index in [0.717, 1.165) is 13.1 Å². The highest BCUT2D eigenvalue weighted by Crippen LogP contribution is 2.42. The van der Waals surface area contributed by atoms with E-state index >= 15 is 0 Å². The van der Waals surface area contributed by atoms with Crippen LogP contribution in [0.1, 0.15) is 65.2 Å². The summed E-state index contributed by atoms with van der Waals surface area (Å²) in [6, 6.07) is 0.682. The van der Waals surface area contributed by atoms with Crippen LogP contribution >= 0.6 is 0 Å². The molecule has 1 unspecified atom stereocenters. The number of unbranched alkanes of at least 4 members (excludes halogenated alkanes) is 2. The normalized spacial score (nSPS) is 20.4. The van der Waals surface area contributed by atoms with Crippen molar-refractivity contribution in [2.45, 2.75) is 71.3 Å². The van der Waals surface area contributed by atoms with E-state index in [1.54, 1.807) is 0 Å². The van der Waals surface area contributed by atoms with Gasteiger partial charge in [0.15, 0.2) is 0 Å². The molecule has 96 valence electrons. The van der Waals surface area contributed by atoms with E-state index in [2.05, 4.69) is 19.2 Å². The molecule has 0 heterocycles. The minimum absolute atomic E-state index is 0.510. The standard InChI is InChI=1S/C14H30N2/c1-3-4-5-7-13(2)16-11-10-14(12-15)8-6-9-14/h13,16H,3-12,15H2,1-2H3. The zero-order valence-corrected chi connectivity index (χ0v) is 11.2. The van der Waals surface area contributed by atoms with Crippen molar-refractivity contribution < 1.29 is 0 Å². The molecule has 1 rings (SSSR count). The minimum atomic E-state index is 0.510. The Morgan fingerprint density at radius 2 is 2.06 bits per heavy atom. The molecule has 16 heavy (non-hydrogen) atoms. The Morgan fingerprint density at radius 3 is 2.56 bits per heavy atom. The van der Waals surface area contributed by atoms with Crippen LogP contribution in [0.4, 0.5) is 0 Å². The molecule has 2 nitrogen and oxygen atoms in total. The number of nitrogens with two attached hydrogens (primary N) is 1. The zero-order chi connectivity index (χ0) is 11.9. The zero-order valence-electron chi connectivity index (χ0n) is 11.2. The highest BCUT2D eigenvalue weighted by Gasteiger charge is 2.34. The average molecular weight is 226 g/mol. The molecule has 0 aromatic rings. The van der Waals surface area contributed by atoms with E-state index in [-0.39, 0.29) is 0 Å². The summed E-state index contributed by atoms with van der Waals surface area (Å²) in [6.45, 7) is 6.62. The summed E-state index contributed by atoms with van der Waals surface area (Å²) in [7, 11) is 0. The molecule has 1 atom stereocenters. The summed E-state index contributed by atoms with van der Waals surface area (Å²) in [6.07, 6.45) is 10.8. The first-order chi connectivity index (χ1) is 7.72. The molecule has 0 aromatic carbocycles. The second-order valence-electron chi connectivity index (χ2n) is 5.66.